The number of nitrogens with one attached hydrogen (secondary N) is 1. The van der Waals surface area contributed by atoms with Gasteiger partial charge in [-0.3, -0.25) is 0 Å². The highest BCUT2D eigenvalue weighted by atomic mass is 79.9. The standard InChI is InChI=1S/C15H15BrFNO/c1-18-9-12-3-2-4-14(16)15(12)19-10-11-5-7-13(17)8-6-11/h2-8,18H,9-10H2,1H3. The van der Waals surface area contributed by atoms with E-state index in [2.05, 4.69) is 21.2 Å². The molecule has 0 atom stereocenters. The molecule has 0 fully saturated rings. The maximum absolute atomic E-state index is 12.8. The third kappa shape index (κ3) is 3.78. The van der Waals surface area contributed by atoms with Crippen molar-refractivity contribution in [1.82, 2.24) is 5.32 Å². The zero-order valence-electron chi connectivity index (χ0n) is 10.6. The van der Waals surface area contributed by atoms with E-state index in [9.17, 15) is 4.39 Å². The minimum atomic E-state index is -0.236. The van der Waals surface area contributed by atoms with Crippen molar-refractivity contribution in [3.63, 3.8) is 0 Å². The molecule has 2 aromatic carbocycles. The van der Waals surface area contributed by atoms with E-state index in [4.69, 9.17) is 4.74 Å². The van der Waals surface area contributed by atoms with Crippen LogP contribution in [0.5, 0.6) is 5.75 Å². The largest absolute Gasteiger partial charge is 0.487 e. The van der Waals surface area contributed by atoms with Crippen LogP contribution in [0, 0.1) is 5.82 Å². The van der Waals surface area contributed by atoms with Crippen molar-refractivity contribution in [3.8, 4) is 5.75 Å². The molecular formula is C15H15BrFNO. The van der Waals surface area contributed by atoms with E-state index in [0.29, 0.717) is 6.61 Å². The molecule has 0 aliphatic heterocycles. The second-order valence-electron chi connectivity index (χ2n) is 4.17. The summed E-state index contributed by atoms with van der Waals surface area (Å²) >= 11 is 3.49. The van der Waals surface area contributed by atoms with Gasteiger partial charge in [-0.15, -0.1) is 0 Å². The van der Waals surface area contributed by atoms with Crippen molar-refractivity contribution in [1.29, 1.82) is 0 Å². The lowest BCUT2D eigenvalue weighted by molar-refractivity contribution is 0.300. The van der Waals surface area contributed by atoms with Gasteiger partial charge in [-0.1, -0.05) is 24.3 Å². The third-order valence-corrected chi connectivity index (χ3v) is 3.34. The Morgan fingerprint density at radius 1 is 1.16 bits per heavy atom. The van der Waals surface area contributed by atoms with E-state index in [1.54, 1.807) is 12.1 Å². The number of ether oxygens (including phenoxy) is 1. The van der Waals surface area contributed by atoms with Gasteiger partial charge in [-0.25, -0.2) is 4.39 Å². The maximum atomic E-state index is 12.8. The number of hydrogen-bond donors (Lipinski definition) is 1. The monoisotopic (exact) mass is 323 g/mol. The summed E-state index contributed by atoms with van der Waals surface area (Å²) in [7, 11) is 1.89. The van der Waals surface area contributed by atoms with Crippen molar-refractivity contribution in [2.45, 2.75) is 13.2 Å². The van der Waals surface area contributed by atoms with Gasteiger partial charge in [0.15, 0.2) is 0 Å². The second-order valence-corrected chi connectivity index (χ2v) is 5.03. The fraction of sp³-hybridized carbons (Fsp3) is 0.200. The van der Waals surface area contributed by atoms with Crippen molar-refractivity contribution < 1.29 is 9.13 Å². The van der Waals surface area contributed by atoms with Gasteiger partial charge in [0.1, 0.15) is 18.2 Å². The van der Waals surface area contributed by atoms with Crippen LogP contribution in [0.1, 0.15) is 11.1 Å². The molecule has 0 bridgehead atoms. The van der Waals surface area contributed by atoms with Crippen LogP contribution in [0.25, 0.3) is 0 Å². The quantitative estimate of drug-likeness (QED) is 0.901. The van der Waals surface area contributed by atoms with E-state index in [1.165, 1.54) is 12.1 Å². The smallest absolute Gasteiger partial charge is 0.138 e. The molecule has 0 radical (unpaired) electrons. The average Bonchev–Trinajstić information content (AvgIpc) is 2.40. The predicted octanol–water partition coefficient (Wildman–Crippen LogP) is 3.89. The molecule has 2 nitrogen and oxygen atoms in total. The van der Waals surface area contributed by atoms with Crippen molar-refractivity contribution in [3.05, 3.63) is 63.9 Å². The van der Waals surface area contributed by atoms with Crippen LogP contribution in [-0.2, 0) is 13.2 Å². The number of halogens is 2. The average molecular weight is 324 g/mol. The third-order valence-electron chi connectivity index (χ3n) is 2.71. The summed E-state index contributed by atoms with van der Waals surface area (Å²) in [6.07, 6.45) is 0. The molecule has 100 valence electrons. The number of benzene rings is 2. The molecule has 0 amide bonds. The maximum Gasteiger partial charge on any atom is 0.138 e. The minimum Gasteiger partial charge on any atom is -0.487 e. The number of rotatable bonds is 5. The van der Waals surface area contributed by atoms with Crippen LogP contribution >= 0.6 is 15.9 Å². The van der Waals surface area contributed by atoms with Crippen LogP contribution in [-0.4, -0.2) is 7.05 Å². The molecule has 0 heterocycles. The molecular weight excluding hydrogens is 309 g/mol. The summed E-state index contributed by atoms with van der Waals surface area (Å²) < 4.78 is 19.6. The van der Waals surface area contributed by atoms with Gasteiger partial charge < -0.3 is 10.1 Å². The van der Waals surface area contributed by atoms with Crippen LogP contribution in [0.2, 0.25) is 0 Å². The van der Waals surface area contributed by atoms with Gasteiger partial charge in [0.25, 0.3) is 0 Å². The molecule has 0 saturated carbocycles. The first kappa shape index (κ1) is 14.0. The van der Waals surface area contributed by atoms with E-state index >= 15 is 0 Å². The Morgan fingerprint density at radius 2 is 1.89 bits per heavy atom. The summed E-state index contributed by atoms with van der Waals surface area (Å²) in [5, 5.41) is 3.11. The molecule has 2 rings (SSSR count). The lowest BCUT2D eigenvalue weighted by Crippen LogP contribution is -2.08. The Bertz CT molecular complexity index is 542. The fourth-order valence-corrected chi connectivity index (χ4v) is 2.30. The Labute approximate surface area is 120 Å². The van der Waals surface area contributed by atoms with Crippen LogP contribution < -0.4 is 10.1 Å². The highest BCUT2D eigenvalue weighted by Crippen LogP contribution is 2.29. The Morgan fingerprint density at radius 3 is 2.58 bits per heavy atom. The summed E-state index contributed by atoms with van der Waals surface area (Å²) in [6.45, 7) is 1.15. The van der Waals surface area contributed by atoms with Gasteiger partial charge in [-0.2, -0.15) is 0 Å². The van der Waals surface area contributed by atoms with Crippen molar-refractivity contribution in [2.24, 2.45) is 0 Å². The summed E-state index contributed by atoms with van der Waals surface area (Å²) in [5.74, 6) is 0.585. The Kier molecular flexibility index (Phi) is 4.93. The molecule has 0 spiro atoms. The first-order chi connectivity index (χ1) is 9.20. The zero-order chi connectivity index (χ0) is 13.7. The molecule has 0 unspecified atom stereocenters. The van der Waals surface area contributed by atoms with E-state index in [-0.39, 0.29) is 5.82 Å². The van der Waals surface area contributed by atoms with Crippen LogP contribution in [0.15, 0.2) is 46.9 Å². The van der Waals surface area contributed by atoms with E-state index in [1.807, 2.05) is 25.2 Å². The minimum absolute atomic E-state index is 0.236. The molecule has 0 aliphatic carbocycles. The second kappa shape index (κ2) is 6.68. The Hall–Kier alpha value is -1.39. The molecule has 0 aromatic heterocycles. The SMILES string of the molecule is CNCc1cccc(Br)c1OCc1ccc(F)cc1. The number of hydrogen-bond acceptors (Lipinski definition) is 2. The van der Waals surface area contributed by atoms with Gasteiger partial charge in [0.2, 0.25) is 0 Å². The fourth-order valence-electron chi connectivity index (χ4n) is 1.78. The van der Waals surface area contributed by atoms with Crippen molar-refractivity contribution in [2.75, 3.05) is 7.05 Å². The normalized spacial score (nSPS) is 10.5. The first-order valence-corrected chi connectivity index (χ1v) is 6.79. The molecule has 4 heteroatoms. The first-order valence-electron chi connectivity index (χ1n) is 6.00. The summed E-state index contributed by atoms with van der Waals surface area (Å²) in [5.41, 5.74) is 2.02. The predicted molar refractivity (Wildman–Crippen MR) is 77.6 cm³/mol. The molecule has 0 saturated heterocycles. The van der Waals surface area contributed by atoms with Gasteiger partial charge in [0, 0.05) is 12.1 Å². The molecule has 2 aromatic rings. The highest BCUT2D eigenvalue weighted by molar-refractivity contribution is 9.10. The van der Waals surface area contributed by atoms with E-state index < -0.39 is 0 Å². The Balaban J connectivity index is 2.12. The van der Waals surface area contributed by atoms with Gasteiger partial charge in [0.05, 0.1) is 4.47 Å². The van der Waals surface area contributed by atoms with Crippen LogP contribution in [0.4, 0.5) is 4.39 Å². The lowest BCUT2D eigenvalue weighted by atomic mass is 10.2. The lowest BCUT2D eigenvalue weighted by Gasteiger charge is -2.13. The van der Waals surface area contributed by atoms with Gasteiger partial charge in [-0.05, 0) is 46.7 Å². The highest BCUT2D eigenvalue weighted by Gasteiger charge is 2.07. The van der Waals surface area contributed by atoms with Gasteiger partial charge >= 0.3 is 0 Å². The summed E-state index contributed by atoms with van der Waals surface area (Å²) in [4.78, 5) is 0. The molecule has 19 heavy (non-hydrogen) atoms. The molecule has 1 N–H and O–H groups in total. The molecule has 0 aliphatic rings. The zero-order valence-corrected chi connectivity index (χ0v) is 12.2. The topological polar surface area (TPSA) is 21.3 Å². The summed E-state index contributed by atoms with van der Waals surface area (Å²) in [6, 6.07) is 12.3. The van der Waals surface area contributed by atoms with Crippen molar-refractivity contribution >= 4 is 15.9 Å². The number of para-hydroxylation sites is 1. The van der Waals surface area contributed by atoms with Crippen LogP contribution in [0.3, 0.4) is 0 Å². The van der Waals surface area contributed by atoms with E-state index in [0.717, 1.165) is 27.9 Å².